The molecule has 1 aliphatic carbocycles. The summed E-state index contributed by atoms with van der Waals surface area (Å²) in [4.78, 5) is 6.74. The van der Waals surface area contributed by atoms with Crippen LogP contribution in [-0.4, -0.2) is 43.2 Å². The number of nitrogens with one attached hydrogen (secondary N) is 1. The lowest BCUT2D eigenvalue weighted by Crippen LogP contribution is -2.50. The highest BCUT2D eigenvalue weighted by molar-refractivity contribution is 5.79. The van der Waals surface area contributed by atoms with Gasteiger partial charge in [0.1, 0.15) is 0 Å². The first-order valence-corrected chi connectivity index (χ1v) is 5.65. The number of rotatable bonds is 2. The van der Waals surface area contributed by atoms with Crippen molar-refractivity contribution in [2.24, 2.45) is 10.8 Å². The van der Waals surface area contributed by atoms with Gasteiger partial charge in [-0.1, -0.05) is 0 Å². The van der Waals surface area contributed by atoms with Gasteiger partial charge in [-0.15, -0.1) is 0 Å². The van der Waals surface area contributed by atoms with Crippen molar-refractivity contribution in [1.82, 2.24) is 10.3 Å². The summed E-state index contributed by atoms with van der Waals surface area (Å²) in [5, 5.41) is 0. The van der Waals surface area contributed by atoms with Gasteiger partial charge in [0, 0.05) is 20.2 Å². The highest BCUT2D eigenvalue weighted by Gasteiger charge is 2.25. The minimum Gasteiger partial charge on any atom is -0.380 e. The SMILES string of the molecule is COC1CCCN(C(=NC2CC2)NN)C1. The molecule has 0 radical (unpaired) electrons. The molecule has 0 bridgehead atoms. The first kappa shape index (κ1) is 10.7. The number of methoxy groups -OCH3 is 1. The van der Waals surface area contributed by atoms with Gasteiger partial charge in [0.15, 0.2) is 0 Å². The fourth-order valence-corrected chi connectivity index (χ4v) is 1.91. The predicted octanol–water partition coefficient (Wildman–Crippen LogP) is 0.0789. The Balaban J connectivity index is 1.94. The number of aliphatic imine (C=N–C) groups is 1. The number of nitrogens with zero attached hydrogens (tertiary/aromatic N) is 2. The van der Waals surface area contributed by atoms with E-state index >= 15 is 0 Å². The van der Waals surface area contributed by atoms with E-state index in [0.29, 0.717) is 12.1 Å². The largest absolute Gasteiger partial charge is 0.380 e. The van der Waals surface area contributed by atoms with Crippen LogP contribution in [0.15, 0.2) is 4.99 Å². The molecular formula is C10H20N4O. The lowest BCUT2D eigenvalue weighted by atomic mass is 10.1. The molecule has 0 amide bonds. The molecule has 1 atom stereocenters. The second-order valence-corrected chi connectivity index (χ2v) is 4.27. The number of hydrogen-bond acceptors (Lipinski definition) is 3. The Labute approximate surface area is 90.6 Å². The van der Waals surface area contributed by atoms with Gasteiger partial charge in [-0.2, -0.15) is 0 Å². The fraction of sp³-hybridized carbons (Fsp3) is 0.900. The van der Waals surface area contributed by atoms with E-state index in [1.807, 2.05) is 0 Å². The molecule has 0 aromatic rings. The smallest absolute Gasteiger partial charge is 0.208 e. The molecule has 2 rings (SSSR count). The zero-order chi connectivity index (χ0) is 10.7. The number of likely N-dealkylation sites (tertiary alicyclic amines) is 1. The van der Waals surface area contributed by atoms with Crippen LogP contribution >= 0.6 is 0 Å². The van der Waals surface area contributed by atoms with Crippen molar-refractivity contribution in [3.8, 4) is 0 Å². The minimum atomic E-state index is 0.316. The lowest BCUT2D eigenvalue weighted by molar-refractivity contribution is 0.0525. The van der Waals surface area contributed by atoms with Crippen molar-refractivity contribution in [1.29, 1.82) is 0 Å². The van der Waals surface area contributed by atoms with Crippen LogP contribution in [-0.2, 0) is 4.74 Å². The van der Waals surface area contributed by atoms with Crippen LogP contribution in [0.2, 0.25) is 0 Å². The van der Waals surface area contributed by atoms with E-state index in [9.17, 15) is 0 Å². The Bertz CT molecular complexity index is 240. The molecule has 1 saturated carbocycles. The van der Waals surface area contributed by atoms with Crippen LogP contribution < -0.4 is 11.3 Å². The van der Waals surface area contributed by atoms with Crippen LogP contribution in [0.25, 0.3) is 0 Å². The average molecular weight is 212 g/mol. The molecule has 3 N–H and O–H groups in total. The number of guanidine groups is 1. The molecule has 2 aliphatic rings. The van der Waals surface area contributed by atoms with Gasteiger partial charge < -0.3 is 9.64 Å². The van der Waals surface area contributed by atoms with Crippen molar-refractivity contribution in [2.45, 2.75) is 37.8 Å². The third kappa shape index (κ3) is 2.82. The number of hydrogen-bond donors (Lipinski definition) is 2. The maximum atomic E-state index is 5.50. The third-order valence-corrected chi connectivity index (χ3v) is 2.99. The summed E-state index contributed by atoms with van der Waals surface area (Å²) in [5.74, 6) is 6.34. The number of hydrazine groups is 1. The molecule has 86 valence electrons. The average Bonchev–Trinajstić information content (AvgIpc) is 3.10. The van der Waals surface area contributed by atoms with Gasteiger partial charge in [-0.3, -0.25) is 5.43 Å². The van der Waals surface area contributed by atoms with E-state index < -0.39 is 0 Å². The van der Waals surface area contributed by atoms with Crippen molar-refractivity contribution in [3.05, 3.63) is 0 Å². The van der Waals surface area contributed by atoms with Crippen LogP contribution in [0.5, 0.6) is 0 Å². The van der Waals surface area contributed by atoms with Crippen molar-refractivity contribution < 1.29 is 4.74 Å². The second-order valence-electron chi connectivity index (χ2n) is 4.27. The van der Waals surface area contributed by atoms with Crippen LogP contribution in [0.4, 0.5) is 0 Å². The first-order valence-electron chi connectivity index (χ1n) is 5.65. The van der Waals surface area contributed by atoms with E-state index in [1.54, 1.807) is 7.11 Å². The molecule has 15 heavy (non-hydrogen) atoms. The number of nitrogens with two attached hydrogens (primary N) is 1. The molecule has 0 aromatic heterocycles. The van der Waals surface area contributed by atoms with E-state index in [-0.39, 0.29) is 0 Å². The second kappa shape index (κ2) is 4.81. The van der Waals surface area contributed by atoms with Gasteiger partial charge in [0.2, 0.25) is 5.96 Å². The Hall–Kier alpha value is -0.810. The fourth-order valence-electron chi connectivity index (χ4n) is 1.91. The van der Waals surface area contributed by atoms with Gasteiger partial charge in [0.05, 0.1) is 12.1 Å². The highest BCUT2D eigenvalue weighted by Crippen LogP contribution is 2.24. The summed E-state index contributed by atoms with van der Waals surface area (Å²) in [7, 11) is 1.77. The Kier molecular flexibility index (Phi) is 3.43. The molecule has 1 saturated heterocycles. The number of ether oxygens (including phenoxy) is 1. The molecule has 2 fully saturated rings. The molecule has 5 heteroatoms. The molecule has 0 aromatic carbocycles. The Morgan fingerprint density at radius 2 is 2.27 bits per heavy atom. The summed E-state index contributed by atoms with van der Waals surface area (Å²) >= 11 is 0. The van der Waals surface area contributed by atoms with Crippen molar-refractivity contribution in [2.75, 3.05) is 20.2 Å². The van der Waals surface area contributed by atoms with Gasteiger partial charge in [-0.05, 0) is 25.7 Å². The maximum absolute atomic E-state index is 5.50. The lowest BCUT2D eigenvalue weighted by Gasteiger charge is -2.33. The van der Waals surface area contributed by atoms with Crippen molar-refractivity contribution >= 4 is 5.96 Å². The van der Waals surface area contributed by atoms with E-state index in [4.69, 9.17) is 10.6 Å². The minimum absolute atomic E-state index is 0.316. The predicted molar refractivity (Wildman–Crippen MR) is 59.4 cm³/mol. The Morgan fingerprint density at radius 3 is 2.87 bits per heavy atom. The number of piperidine rings is 1. The normalized spacial score (nSPS) is 28.0. The molecule has 5 nitrogen and oxygen atoms in total. The molecule has 0 spiro atoms. The molecule has 1 heterocycles. The monoisotopic (exact) mass is 212 g/mol. The van der Waals surface area contributed by atoms with Crippen LogP contribution in [0, 0.1) is 0 Å². The summed E-state index contributed by atoms with van der Waals surface area (Å²) in [6, 6.07) is 0.499. The first-order chi connectivity index (χ1) is 7.33. The van der Waals surface area contributed by atoms with E-state index in [2.05, 4.69) is 15.3 Å². The topological polar surface area (TPSA) is 62.9 Å². The van der Waals surface area contributed by atoms with Crippen LogP contribution in [0.3, 0.4) is 0 Å². The third-order valence-electron chi connectivity index (χ3n) is 2.99. The zero-order valence-corrected chi connectivity index (χ0v) is 9.28. The van der Waals surface area contributed by atoms with E-state index in [1.165, 1.54) is 12.8 Å². The molecule has 1 aliphatic heterocycles. The summed E-state index contributed by atoms with van der Waals surface area (Å²) in [5.41, 5.74) is 2.71. The molecule has 1 unspecified atom stereocenters. The van der Waals surface area contributed by atoms with E-state index in [0.717, 1.165) is 31.9 Å². The zero-order valence-electron chi connectivity index (χ0n) is 9.28. The van der Waals surface area contributed by atoms with Gasteiger partial charge in [-0.25, -0.2) is 10.8 Å². The quantitative estimate of drug-likeness (QED) is 0.294. The van der Waals surface area contributed by atoms with Crippen molar-refractivity contribution in [3.63, 3.8) is 0 Å². The van der Waals surface area contributed by atoms with Gasteiger partial charge in [0.25, 0.3) is 0 Å². The summed E-state index contributed by atoms with van der Waals surface area (Å²) in [6.45, 7) is 1.92. The van der Waals surface area contributed by atoms with Crippen LogP contribution in [0.1, 0.15) is 25.7 Å². The molecular weight excluding hydrogens is 192 g/mol. The summed E-state index contributed by atoms with van der Waals surface area (Å²) < 4.78 is 5.37. The highest BCUT2D eigenvalue weighted by atomic mass is 16.5. The van der Waals surface area contributed by atoms with Gasteiger partial charge >= 0.3 is 0 Å². The standard InChI is InChI=1S/C10H20N4O/c1-15-9-3-2-6-14(7-9)10(13-11)12-8-4-5-8/h8-9H,2-7,11H2,1H3,(H,12,13). The Morgan fingerprint density at radius 1 is 1.47 bits per heavy atom. The maximum Gasteiger partial charge on any atom is 0.208 e. The summed E-state index contributed by atoms with van der Waals surface area (Å²) in [6.07, 6.45) is 4.99.